The summed E-state index contributed by atoms with van der Waals surface area (Å²) in [5.74, 6) is -0.746. The highest BCUT2D eigenvalue weighted by Gasteiger charge is 2.42. The van der Waals surface area contributed by atoms with E-state index in [1.807, 2.05) is 0 Å². The zero-order valence-corrected chi connectivity index (χ0v) is 20.8. The Hall–Kier alpha value is -1.86. The molecular formula is C19H32N3O10PS. The van der Waals surface area contributed by atoms with Crippen molar-refractivity contribution in [2.24, 2.45) is 0 Å². The van der Waals surface area contributed by atoms with Gasteiger partial charge >= 0.3 is 25.8 Å². The number of urea groups is 1. The molecule has 5 atom stereocenters. The van der Waals surface area contributed by atoms with Crippen LogP contribution in [0.2, 0.25) is 0 Å². The monoisotopic (exact) mass is 525 g/mol. The first-order chi connectivity index (χ1) is 15.9. The molecule has 0 aromatic rings. The van der Waals surface area contributed by atoms with E-state index in [0.717, 1.165) is 25.5 Å². The average molecular weight is 526 g/mol. The van der Waals surface area contributed by atoms with Crippen molar-refractivity contribution in [3.8, 4) is 0 Å². The molecule has 2 heterocycles. The largest absolute Gasteiger partial charge is 0.469 e. The highest BCUT2D eigenvalue weighted by atomic mass is 32.2. The number of fused-ring (bicyclic) bond motifs is 1. The van der Waals surface area contributed by atoms with E-state index in [1.165, 1.54) is 6.92 Å². The zero-order valence-electron chi connectivity index (χ0n) is 19.1. The predicted molar refractivity (Wildman–Crippen MR) is 121 cm³/mol. The van der Waals surface area contributed by atoms with Crippen LogP contribution in [0.25, 0.3) is 0 Å². The maximum Gasteiger partial charge on any atom is 0.469 e. The molecule has 13 nitrogen and oxygen atoms in total. The molecule has 2 aliphatic heterocycles. The van der Waals surface area contributed by atoms with E-state index in [-0.39, 0.29) is 50.0 Å². The molecule has 0 radical (unpaired) electrons. The number of unbranched alkanes of at least 4 members (excludes halogenated alkanes) is 1. The van der Waals surface area contributed by atoms with Crippen LogP contribution in [-0.2, 0) is 32.9 Å². The molecule has 5 N–H and O–H groups in total. The molecule has 2 fully saturated rings. The number of carbonyl (C=O) groups is 4. The second kappa shape index (κ2) is 13.3. The summed E-state index contributed by atoms with van der Waals surface area (Å²) in [4.78, 5) is 64.3. The number of hydrogen-bond acceptors (Lipinski definition) is 9. The summed E-state index contributed by atoms with van der Waals surface area (Å²) in [5.41, 5.74) is 0. The number of nitrogens with one attached hydrogen (secondary N) is 3. The Kier molecular flexibility index (Phi) is 11.1. The first-order valence-electron chi connectivity index (χ1n) is 10.9. The summed E-state index contributed by atoms with van der Waals surface area (Å²) in [7, 11) is -4.90. The van der Waals surface area contributed by atoms with E-state index in [0.29, 0.717) is 11.7 Å². The lowest BCUT2D eigenvalue weighted by Crippen LogP contribution is -2.37. The summed E-state index contributed by atoms with van der Waals surface area (Å²) in [6, 6.07) is 0.109. The van der Waals surface area contributed by atoms with Crippen molar-refractivity contribution in [3.05, 3.63) is 0 Å². The number of carbonyl (C=O) groups excluding carboxylic acids is 4. The molecule has 0 aromatic heterocycles. The third kappa shape index (κ3) is 10.6. The number of esters is 2. The van der Waals surface area contributed by atoms with E-state index >= 15 is 0 Å². The van der Waals surface area contributed by atoms with Gasteiger partial charge in [0.2, 0.25) is 5.91 Å². The van der Waals surface area contributed by atoms with E-state index in [2.05, 4.69) is 16.0 Å². The molecule has 0 spiro atoms. The van der Waals surface area contributed by atoms with Gasteiger partial charge in [-0.2, -0.15) is 11.8 Å². The number of ether oxygens (including phenoxy) is 2. The fraction of sp³-hybridized carbons (Fsp3) is 0.789. The van der Waals surface area contributed by atoms with Crippen LogP contribution >= 0.6 is 19.6 Å². The Labute approximate surface area is 201 Å². The number of amides is 3. The van der Waals surface area contributed by atoms with E-state index in [9.17, 15) is 33.5 Å². The minimum absolute atomic E-state index is 0.106. The van der Waals surface area contributed by atoms with Crippen LogP contribution in [0.15, 0.2) is 0 Å². The predicted octanol–water partition coefficient (Wildman–Crippen LogP) is 0.191. The zero-order chi connectivity index (χ0) is 25.3. The Balaban J connectivity index is 1.76. The molecule has 0 aromatic carbocycles. The first kappa shape index (κ1) is 28.4. The minimum atomic E-state index is -4.90. The van der Waals surface area contributed by atoms with Crippen molar-refractivity contribution >= 4 is 43.5 Å². The molecule has 34 heavy (non-hydrogen) atoms. The summed E-state index contributed by atoms with van der Waals surface area (Å²) < 4.78 is 25.9. The molecule has 0 saturated carbocycles. The summed E-state index contributed by atoms with van der Waals surface area (Å²) in [6.07, 6.45) is 0.0465. The van der Waals surface area contributed by atoms with Crippen LogP contribution in [0.4, 0.5) is 4.79 Å². The molecule has 2 aliphatic rings. The molecule has 0 aliphatic carbocycles. The van der Waals surface area contributed by atoms with Gasteiger partial charge in [-0.25, -0.2) is 9.36 Å². The smallest absolute Gasteiger partial charge is 0.462 e. The fourth-order valence-corrected chi connectivity index (χ4v) is 5.93. The van der Waals surface area contributed by atoms with E-state index in [1.54, 1.807) is 11.8 Å². The van der Waals surface area contributed by atoms with Gasteiger partial charge in [0.15, 0.2) is 0 Å². The van der Waals surface area contributed by atoms with Crippen LogP contribution in [-0.4, -0.2) is 82.1 Å². The molecule has 3 unspecified atom stereocenters. The fourth-order valence-electron chi connectivity index (χ4n) is 3.84. The van der Waals surface area contributed by atoms with Crippen molar-refractivity contribution in [3.63, 3.8) is 0 Å². The Bertz CT molecular complexity index is 794. The van der Waals surface area contributed by atoms with E-state index < -0.39 is 32.0 Å². The number of thioether (sulfide) groups is 1. The topological polar surface area (TPSA) is 190 Å². The van der Waals surface area contributed by atoms with Gasteiger partial charge in [-0.1, -0.05) is 6.42 Å². The highest BCUT2D eigenvalue weighted by molar-refractivity contribution is 8.00. The van der Waals surface area contributed by atoms with Crippen molar-refractivity contribution in [1.82, 2.24) is 16.0 Å². The molecule has 2 rings (SSSR count). The third-order valence-corrected chi connectivity index (χ3v) is 7.31. The van der Waals surface area contributed by atoms with Gasteiger partial charge in [0.05, 0.1) is 18.2 Å². The molecule has 194 valence electrons. The maximum absolute atomic E-state index is 12.2. The Morgan fingerprint density at radius 3 is 2.56 bits per heavy atom. The van der Waals surface area contributed by atoms with Crippen LogP contribution in [0.3, 0.4) is 0 Å². The molecule has 15 heteroatoms. The van der Waals surface area contributed by atoms with Gasteiger partial charge in [-0.15, -0.1) is 0 Å². The number of phosphoric ester groups is 1. The van der Waals surface area contributed by atoms with Crippen LogP contribution < -0.4 is 16.0 Å². The molecule has 0 bridgehead atoms. The first-order valence-corrected chi connectivity index (χ1v) is 13.5. The Morgan fingerprint density at radius 1 is 1.18 bits per heavy atom. The van der Waals surface area contributed by atoms with Crippen molar-refractivity contribution in [1.29, 1.82) is 0 Å². The van der Waals surface area contributed by atoms with Gasteiger partial charge < -0.3 is 35.2 Å². The number of hydrogen-bond donors (Lipinski definition) is 5. The lowest BCUT2D eigenvalue weighted by atomic mass is 10.0. The van der Waals surface area contributed by atoms with Crippen molar-refractivity contribution in [2.45, 2.75) is 75.5 Å². The normalized spacial score (nSPS) is 23.3. The second-order valence-corrected chi connectivity index (χ2v) is 10.6. The van der Waals surface area contributed by atoms with Gasteiger partial charge in [0.25, 0.3) is 0 Å². The highest BCUT2D eigenvalue weighted by Crippen LogP contribution is 2.38. The lowest BCUT2D eigenvalue weighted by molar-refractivity contribution is -0.157. The standard InChI is InChI=1S/C19H32N3O10PS/c1-11(23)30-9-14(31-12(2)24)7-13(32-33(27,28)29)8-20-17(25)6-4-3-5-16-18-15(10-34-16)21-19(26)22-18/h13-16,18H,3-10H2,1-2H3,(H,20,25)(H2,21,22,26)(H2,27,28,29)/t13?,14?,15-,16?,18-/m0/s1. The summed E-state index contributed by atoms with van der Waals surface area (Å²) in [5, 5.41) is 8.67. The van der Waals surface area contributed by atoms with E-state index in [4.69, 9.17) is 14.0 Å². The molecule has 2 saturated heterocycles. The molecular weight excluding hydrogens is 493 g/mol. The van der Waals surface area contributed by atoms with Crippen LogP contribution in [0.5, 0.6) is 0 Å². The van der Waals surface area contributed by atoms with Gasteiger partial charge in [-0.3, -0.25) is 18.9 Å². The lowest BCUT2D eigenvalue weighted by Gasteiger charge is -2.24. The summed E-state index contributed by atoms with van der Waals surface area (Å²) in [6.45, 7) is 1.75. The third-order valence-electron chi connectivity index (χ3n) is 5.22. The molecule has 3 amide bonds. The van der Waals surface area contributed by atoms with Crippen molar-refractivity contribution < 1.29 is 47.5 Å². The van der Waals surface area contributed by atoms with Gasteiger partial charge in [0, 0.05) is 44.2 Å². The van der Waals surface area contributed by atoms with Crippen LogP contribution in [0, 0.1) is 0 Å². The average Bonchev–Trinajstić information content (AvgIpc) is 3.25. The summed E-state index contributed by atoms with van der Waals surface area (Å²) >= 11 is 1.79. The van der Waals surface area contributed by atoms with Crippen LogP contribution in [0.1, 0.15) is 46.0 Å². The quantitative estimate of drug-likeness (QED) is 0.0901. The SMILES string of the molecule is CC(=O)OCC(CC(CNC(=O)CCCCC1SC[C@@H]2NC(=O)N[C@H]12)OP(=O)(O)O)OC(C)=O. The number of rotatable bonds is 14. The van der Waals surface area contributed by atoms with Gasteiger partial charge in [-0.05, 0) is 12.8 Å². The minimum Gasteiger partial charge on any atom is -0.462 e. The maximum atomic E-state index is 12.2. The van der Waals surface area contributed by atoms with Crippen molar-refractivity contribution in [2.75, 3.05) is 18.9 Å². The number of phosphoric acid groups is 1. The Morgan fingerprint density at radius 2 is 1.91 bits per heavy atom. The van der Waals surface area contributed by atoms with Gasteiger partial charge in [0.1, 0.15) is 12.7 Å². The second-order valence-electron chi connectivity index (χ2n) is 8.16.